The van der Waals surface area contributed by atoms with E-state index in [1.54, 1.807) is 0 Å². The second-order valence-corrected chi connectivity index (χ2v) is 10.3. The molecular weight excluding hydrogens is 490 g/mol. The van der Waals surface area contributed by atoms with E-state index in [-0.39, 0.29) is 32.1 Å². The lowest BCUT2D eigenvalue weighted by Gasteiger charge is -2.29. The molecule has 10 heteroatoms. The van der Waals surface area contributed by atoms with Crippen molar-refractivity contribution in [2.75, 3.05) is 13.1 Å². The van der Waals surface area contributed by atoms with E-state index in [2.05, 4.69) is 19.2 Å². The number of aliphatic carboxylic acids is 3. The van der Waals surface area contributed by atoms with Crippen LogP contribution in [0.25, 0.3) is 0 Å². The molecule has 222 valence electrons. The van der Waals surface area contributed by atoms with Crippen molar-refractivity contribution in [2.24, 2.45) is 5.73 Å². The molecule has 0 fully saturated rings. The lowest BCUT2D eigenvalue weighted by molar-refractivity contribution is -0.145. The Bertz CT molecular complexity index is 659. The smallest absolute Gasteiger partial charge is 0.326 e. The molecule has 1 amide bonds. The van der Waals surface area contributed by atoms with Crippen molar-refractivity contribution in [3.8, 4) is 0 Å². The van der Waals surface area contributed by atoms with Gasteiger partial charge in [0, 0.05) is 6.42 Å². The van der Waals surface area contributed by atoms with E-state index in [1.165, 1.54) is 38.5 Å². The maximum absolute atomic E-state index is 12.5. The highest BCUT2D eigenvalue weighted by atomic mass is 16.4. The summed E-state index contributed by atoms with van der Waals surface area (Å²) in [4.78, 5) is 49.1. The summed E-state index contributed by atoms with van der Waals surface area (Å²) >= 11 is 0. The van der Waals surface area contributed by atoms with Gasteiger partial charge in [0.25, 0.3) is 0 Å². The van der Waals surface area contributed by atoms with Gasteiger partial charge in [-0.15, -0.1) is 0 Å². The van der Waals surface area contributed by atoms with Crippen LogP contribution in [0.1, 0.15) is 123 Å². The third-order valence-corrected chi connectivity index (χ3v) is 6.93. The third kappa shape index (κ3) is 18.1. The van der Waals surface area contributed by atoms with Gasteiger partial charge in [0.1, 0.15) is 18.1 Å². The number of hydrogen-bond acceptors (Lipinski definition) is 6. The summed E-state index contributed by atoms with van der Waals surface area (Å²) in [5.41, 5.74) is 5.45. The number of unbranched alkanes of at least 4 members (excludes halogenated alkanes) is 10. The van der Waals surface area contributed by atoms with Gasteiger partial charge < -0.3 is 26.4 Å². The predicted octanol–water partition coefficient (Wildman–Crippen LogP) is 4.39. The maximum atomic E-state index is 12.5. The Morgan fingerprint density at radius 2 is 1.16 bits per heavy atom. The van der Waals surface area contributed by atoms with Crippen molar-refractivity contribution in [2.45, 2.75) is 141 Å². The maximum Gasteiger partial charge on any atom is 0.326 e. The zero-order chi connectivity index (χ0) is 28.8. The molecule has 6 N–H and O–H groups in total. The van der Waals surface area contributed by atoms with E-state index in [0.29, 0.717) is 13.1 Å². The van der Waals surface area contributed by atoms with E-state index < -0.39 is 41.9 Å². The van der Waals surface area contributed by atoms with Crippen molar-refractivity contribution in [1.82, 2.24) is 10.2 Å². The van der Waals surface area contributed by atoms with E-state index >= 15 is 0 Å². The topological polar surface area (TPSA) is 170 Å². The molecule has 2 unspecified atom stereocenters. The molecule has 0 saturated carbocycles. The van der Waals surface area contributed by atoms with Crippen molar-refractivity contribution in [3.05, 3.63) is 0 Å². The van der Waals surface area contributed by atoms with Crippen LogP contribution >= 0.6 is 0 Å². The number of amides is 1. The number of nitrogens with zero attached hydrogens (tertiary/aromatic N) is 1. The molecule has 0 aliphatic rings. The van der Waals surface area contributed by atoms with Gasteiger partial charge >= 0.3 is 17.9 Å². The second-order valence-electron chi connectivity index (χ2n) is 10.3. The Labute approximate surface area is 228 Å². The van der Waals surface area contributed by atoms with Gasteiger partial charge in [-0.05, 0) is 51.6 Å². The molecule has 0 heterocycles. The molecule has 0 bridgehead atoms. The zero-order valence-corrected chi connectivity index (χ0v) is 23.7. The summed E-state index contributed by atoms with van der Waals surface area (Å²) in [6.07, 6.45) is 13.7. The van der Waals surface area contributed by atoms with Crippen LogP contribution in [0.2, 0.25) is 0 Å². The number of carbonyl (C=O) groups is 4. The van der Waals surface area contributed by atoms with Crippen LogP contribution in [0.5, 0.6) is 0 Å². The SMILES string of the molecule is CCCCCCCCN(CCCCCCCC)[C@H](CCC(=O)NC(CCCC(N)C(=O)O)C(=O)O)C(=O)O. The first-order valence-corrected chi connectivity index (χ1v) is 14.6. The van der Waals surface area contributed by atoms with E-state index in [9.17, 15) is 29.4 Å². The van der Waals surface area contributed by atoms with Gasteiger partial charge in [-0.25, -0.2) is 4.79 Å². The number of carboxylic acid groups (broad SMARTS) is 3. The Morgan fingerprint density at radius 3 is 1.61 bits per heavy atom. The zero-order valence-electron chi connectivity index (χ0n) is 23.7. The van der Waals surface area contributed by atoms with Crippen LogP contribution in [0.4, 0.5) is 0 Å². The molecular formula is C28H53N3O7. The predicted molar refractivity (Wildman–Crippen MR) is 148 cm³/mol. The fourth-order valence-corrected chi connectivity index (χ4v) is 4.53. The third-order valence-electron chi connectivity index (χ3n) is 6.93. The van der Waals surface area contributed by atoms with Crippen LogP contribution < -0.4 is 11.1 Å². The molecule has 10 nitrogen and oxygen atoms in total. The van der Waals surface area contributed by atoms with Crippen LogP contribution in [-0.2, 0) is 19.2 Å². The highest BCUT2D eigenvalue weighted by Gasteiger charge is 2.27. The second kappa shape index (κ2) is 22.8. The number of nitrogens with two attached hydrogens (primary N) is 1. The van der Waals surface area contributed by atoms with Crippen LogP contribution in [-0.4, -0.2) is 75.2 Å². The summed E-state index contributed by atoms with van der Waals surface area (Å²) in [6.45, 7) is 5.68. The number of carbonyl (C=O) groups excluding carboxylic acids is 1. The first kappa shape index (κ1) is 35.8. The quantitative estimate of drug-likeness (QED) is 0.0992. The van der Waals surface area contributed by atoms with Crippen molar-refractivity contribution in [3.63, 3.8) is 0 Å². The molecule has 0 aromatic carbocycles. The summed E-state index contributed by atoms with van der Waals surface area (Å²) in [6, 6.07) is -3.06. The fourth-order valence-electron chi connectivity index (χ4n) is 4.53. The molecule has 0 aromatic heterocycles. The number of nitrogens with one attached hydrogen (secondary N) is 1. The minimum absolute atomic E-state index is 0.0482. The highest BCUT2D eigenvalue weighted by Crippen LogP contribution is 2.15. The van der Waals surface area contributed by atoms with Crippen LogP contribution in [0.15, 0.2) is 0 Å². The van der Waals surface area contributed by atoms with Gasteiger partial charge in [-0.3, -0.25) is 19.3 Å². The molecule has 0 aliphatic carbocycles. The average Bonchev–Trinajstić information content (AvgIpc) is 2.86. The molecule has 0 saturated heterocycles. The van der Waals surface area contributed by atoms with Crippen molar-refractivity contribution >= 4 is 23.8 Å². The molecule has 0 aromatic rings. The minimum Gasteiger partial charge on any atom is -0.480 e. The summed E-state index contributed by atoms with van der Waals surface area (Å²) < 4.78 is 0. The summed E-state index contributed by atoms with van der Waals surface area (Å²) in [7, 11) is 0. The Morgan fingerprint density at radius 1 is 0.658 bits per heavy atom. The fraction of sp³-hybridized carbons (Fsp3) is 0.857. The van der Waals surface area contributed by atoms with E-state index in [4.69, 9.17) is 10.8 Å². The minimum atomic E-state index is -1.22. The molecule has 0 spiro atoms. The van der Waals surface area contributed by atoms with E-state index in [1.807, 2.05) is 4.90 Å². The first-order chi connectivity index (χ1) is 18.1. The largest absolute Gasteiger partial charge is 0.480 e. The summed E-state index contributed by atoms with van der Waals surface area (Å²) in [5.74, 6) is -3.87. The monoisotopic (exact) mass is 543 g/mol. The number of rotatable bonds is 26. The van der Waals surface area contributed by atoms with Gasteiger partial charge in [-0.1, -0.05) is 78.1 Å². The average molecular weight is 544 g/mol. The van der Waals surface area contributed by atoms with Gasteiger partial charge in [0.2, 0.25) is 5.91 Å². The summed E-state index contributed by atoms with van der Waals surface area (Å²) in [5, 5.41) is 30.7. The molecule has 3 atom stereocenters. The normalized spacial score (nSPS) is 13.7. The molecule has 0 rings (SSSR count). The van der Waals surface area contributed by atoms with Gasteiger partial charge in [0.15, 0.2) is 0 Å². The number of hydrogen-bond donors (Lipinski definition) is 5. The van der Waals surface area contributed by atoms with Crippen molar-refractivity contribution < 1.29 is 34.5 Å². The van der Waals surface area contributed by atoms with Gasteiger partial charge in [0.05, 0.1) is 0 Å². The van der Waals surface area contributed by atoms with Crippen LogP contribution in [0.3, 0.4) is 0 Å². The standard InChI is InChI=1S/C28H53N3O7/c1-3-5-7-9-11-13-20-31(21-14-12-10-8-6-4-2)24(28(37)38)18-19-25(32)30-23(27(35)36)17-15-16-22(29)26(33)34/h22-24H,3-21,29H2,1-2H3,(H,30,32)(H,33,34)(H,35,36)(H,37,38)/t22?,23?,24-/m1/s1. The molecule has 0 radical (unpaired) electrons. The highest BCUT2D eigenvalue weighted by molar-refractivity contribution is 5.84. The molecule has 38 heavy (non-hydrogen) atoms. The van der Waals surface area contributed by atoms with E-state index in [0.717, 1.165) is 38.5 Å². The van der Waals surface area contributed by atoms with Gasteiger partial charge in [-0.2, -0.15) is 0 Å². The first-order valence-electron chi connectivity index (χ1n) is 14.6. The van der Waals surface area contributed by atoms with Crippen molar-refractivity contribution in [1.29, 1.82) is 0 Å². The number of carboxylic acids is 3. The lowest BCUT2D eigenvalue weighted by atomic mass is 10.0. The lowest BCUT2D eigenvalue weighted by Crippen LogP contribution is -2.45. The molecule has 0 aliphatic heterocycles. The van der Waals surface area contributed by atoms with Crippen LogP contribution in [0, 0.1) is 0 Å². The Hall–Kier alpha value is -2.20. The Balaban J connectivity index is 4.93. The Kier molecular flexibility index (Phi) is 21.4.